The minimum atomic E-state index is 0.118. The number of hydrogen-bond donors (Lipinski definition) is 1. The van der Waals surface area contributed by atoms with Crippen molar-refractivity contribution >= 4 is 34.6 Å². The van der Waals surface area contributed by atoms with E-state index in [1.54, 1.807) is 6.07 Å². The highest BCUT2D eigenvalue weighted by molar-refractivity contribution is 6.35. The summed E-state index contributed by atoms with van der Waals surface area (Å²) < 4.78 is 5.85. The number of hydrogen-bond acceptors (Lipinski definition) is 3. The monoisotopic (exact) mass is 322 g/mol. The van der Waals surface area contributed by atoms with E-state index in [0.29, 0.717) is 16.6 Å². The van der Waals surface area contributed by atoms with Gasteiger partial charge in [-0.05, 0) is 42.8 Å². The SMILES string of the molecule is CC1CN(Cc2ccc(Cl)cc2Cl)c2cc(N)ccc2O1. The Morgan fingerprint density at radius 2 is 2.05 bits per heavy atom. The van der Waals surface area contributed by atoms with Crippen LogP contribution in [0.15, 0.2) is 36.4 Å². The van der Waals surface area contributed by atoms with Crippen molar-refractivity contribution in [2.24, 2.45) is 0 Å². The fourth-order valence-corrected chi connectivity index (χ4v) is 3.02. The van der Waals surface area contributed by atoms with Crippen LogP contribution in [0.5, 0.6) is 5.75 Å². The van der Waals surface area contributed by atoms with Crippen molar-refractivity contribution < 1.29 is 4.74 Å². The predicted molar refractivity (Wildman–Crippen MR) is 88.5 cm³/mol. The van der Waals surface area contributed by atoms with Crippen LogP contribution in [0.3, 0.4) is 0 Å². The van der Waals surface area contributed by atoms with Crippen molar-refractivity contribution in [3.8, 4) is 5.75 Å². The molecule has 110 valence electrons. The number of halogens is 2. The van der Waals surface area contributed by atoms with Crippen LogP contribution in [0.25, 0.3) is 0 Å². The molecule has 0 fully saturated rings. The number of fused-ring (bicyclic) bond motifs is 1. The van der Waals surface area contributed by atoms with Gasteiger partial charge in [0.05, 0.1) is 12.2 Å². The summed E-state index contributed by atoms with van der Waals surface area (Å²) in [6.45, 7) is 3.53. The topological polar surface area (TPSA) is 38.5 Å². The molecule has 1 aliphatic heterocycles. The van der Waals surface area contributed by atoms with Gasteiger partial charge < -0.3 is 15.4 Å². The molecule has 1 heterocycles. The molecule has 0 spiro atoms. The Morgan fingerprint density at radius 1 is 1.24 bits per heavy atom. The molecule has 0 aliphatic carbocycles. The van der Waals surface area contributed by atoms with Gasteiger partial charge in [-0.3, -0.25) is 0 Å². The first-order valence-electron chi connectivity index (χ1n) is 6.78. The second kappa shape index (κ2) is 5.66. The average Bonchev–Trinajstić information content (AvgIpc) is 2.42. The number of rotatable bonds is 2. The number of benzene rings is 2. The van der Waals surface area contributed by atoms with E-state index in [-0.39, 0.29) is 6.10 Å². The molecule has 0 saturated heterocycles. The van der Waals surface area contributed by atoms with Gasteiger partial charge in [-0.25, -0.2) is 0 Å². The van der Waals surface area contributed by atoms with E-state index in [4.69, 9.17) is 33.7 Å². The number of nitrogen functional groups attached to an aromatic ring is 1. The lowest BCUT2D eigenvalue weighted by molar-refractivity contribution is 0.212. The zero-order valence-corrected chi connectivity index (χ0v) is 13.2. The maximum absolute atomic E-state index is 6.28. The quantitative estimate of drug-likeness (QED) is 0.835. The molecule has 0 saturated carbocycles. The summed E-state index contributed by atoms with van der Waals surface area (Å²) in [6.07, 6.45) is 0.118. The summed E-state index contributed by atoms with van der Waals surface area (Å²) in [4.78, 5) is 2.23. The van der Waals surface area contributed by atoms with E-state index < -0.39 is 0 Å². The van der Waals surface area contributed by atoms with Gasteiger partial charge in [0.2, 0.25) is 0 Å². The van der Waals surface area contributed by atoms with Gasteiger partial charge in [0.1, 0.15) is 11.9 Å². The van der Waals surface area contributed by atoms with E-state index >= 15 is 0 Å². The maximum atomic E-state index is 6.28. The Balaban J connectivity index is 1.94. The molecular weight excluding hydrogens is 307 g/mol. The van der Waals surface area contributed by atoms with E-state index in [0.717, 1.165) is 29.2 Å². The minimum absolute atomic E-state index is 0.118. The summed E-state index contributed by atoms with van der Waals surface area (Å²) in [5.74, 6) is 0.855. The van der Waals surface area contributed by atoms with Crippen LogP contribution in [0.1, 0.15) is 12.5 Å². The second-order valence-electron chi connectivity index (χ2n) is 5.27. The van der Waals surface area contributed by atoms with Gasteiger partial charge >= 0.3 is 0 Å². The van der Waals surface area contributed by atoms with Crippen molar-refractivity contribution in [1.29, 1.82) is 0 Å². The van der Waals surface area contributed by atoms with Crippen LogP contribution in [-0.4, -0.2) is 12.6 Å². The summed E-state index contributed by atoms with van der Waals surface area (Å²) in [6, 6.07) is 11.3. The van der Waals surface area contributed by atoms with E-state index in [1.165, 1.54) is 0 Å². The Labute approximate surface area is 134 Å². The van der Waals surface area contributed by atoms with Crippen LogP contribution in [0.4, 0.5) is 11.4 Å². The zero-order valence-electron chi connectivity index (χ0n) is 11.6. The van der Waals surface area contributed by atoms with Gasteiger partial charge in [-0.2, -0.15) is 0 Å². The molecule has 2 aromatic carbocycles. The lowest BCUT2D eigenvalue weighted by Gasteiger charge is -2.35. The highest BCUT2D eigenvalue weighted by Crippen LogP contribution is 2.36. The average molecular weight is 323 g/mol. The van der Waals surface area contributed by atoms with Crippen LogP contribution in [0.2, 0.25) is 10.0 Å². The first-order chi connectivity index (χ1) is 10.0. The lowest BCUT2D eigenvalue weighted by atomic mass is 10.1. The highest BCUT2D eigenvalue weighted by atomic mass is 35.5. The second-order valence-corrected chi connectivity index (χ2v) is 6.12. The summed E-state index contributed by atoms with van der Waals surface area (Å²) in [7, 11) is 0. The Morgan fingerprint density at radius 3 is 2.81 bits per heavy atom. The maximum Gasteiger partial charge on any atom is 0.143 e. The molecule has 3 rings (SSSR count). The molecule has 2 N–H and O–H groups in total. The molecule has 1 aliphatic rings. The van der Waals surface area contributed by atoms with Gasteiger partial charge in [0.15, 0.2) is 0 Å². The van der Waals surface area contributed by atoms with Gasteiger partial charge in [-0.1, -0.05) is 29.3 Å². The minimum Gasteiger partial charge on any atom is -0.487 e. The predicted octanol–water partition coefficient (Wildman–Crippen LogP) is 4.36. The van der Waals surface area contributed by atoms with Crippen molar-refractivity contribution in [3.63, 3.8) is 0 Å². The smallest absolute Gasteiger partial charge is 0.143 e. The Hall–Kier alpha value is -1.58. The third-order valence-corrected chi connectivity index (χ3v) is 4.09. The number of nitrogens with zero attached hydrogens (tertiary/aromatic N) is 1. The highest BCUT2D eigenvalue weighted by Gasteiger charge is 2.23. The van der Waals surface area contributed by atoms with Crippen LogP contribution in [0, 0.1) is 0 Å². The molecule has 0 aromatic heterocycles. The third-order valence-electron chi connectivity index (χ3n) is 3.51. The van der Waals surface area contributed by atoms with Gasteiger partial charge in [-0.15, -0.1) is 0 Å². The van der Waals surface area contributed by atoms with E-state index in [2.05, 4.69) is 11.8 Å². The van der Waals surface area contributed by atoms with Crippen LogP contribution < -0.4 is 15.4 Å². The van der Waals surface area contributed by atoms with Crippen molar-refractivity contribution in [2.45, 2.75) is 19.6 Å². The summed E-state index contributed by atoms with van der Waals surface area (Å²) >= 11 is 12.2. The molecule has 5 heteroatoms. The largest absolute Gasteiger partial charge is 0.487 e. The van der Waals surface area contributed by atoms with E-state index in [9.17, 15) is 0 Å². The van der Waals surface area contributed by atoms with E-state index in [1.807, 2.05) is 30.3 Å². The normalized spacial score (nSPS) is 17.3. The Kier molecular flexibility index (Phi) is 3.87. The van der Waals surface area contributed by atoms with Gasteiger partial charge in [0.25, 0.3) is 0 Å². The molecule has 0 amide bonds. The lowest BCUT2D eigenvalue weighted by Crippen LogP contribution is -2.38. The number of nitrogens with two attached hydrogens (primary N) is 1. The van der Waals surface area contributed by atoms with Crippen molar-refractivity contribution in [3.05, 3.63) is 52.0 Å². The molecule has 3 nitrogen and oxygen atoms in total. The first-order valence-corrected chi connectivity index (χ1v) is 7.53. The first kappa shape index (κ1) is 14.4. The molecule has 0 radical (unpaired) electrons. The number of anilines is 2. The Bertz CT molecular complexity index is 675. The summed E-state index contributed by atoms with van der Waals surface area (Å²) in [5, 5.41) is 1.32. The third kappa shape index (κ3) is 3.04. The summed E-state index contributed by atoms with van der Waals surface area (Å²) in [5.41, 5.74) is 8.65. The molecule has 1 atom stereocenters. The molecule has 0 bridgehead atoms. The standard InChI is InChI=1S/C16H16Cl2N2O/c1-10-8-20(9-11-2-3-12(17)6-14(11)18)15-7-13(19)4-5-16(15)21-10/h2-7,10H,8-9,19H2,1H3. The molecule has 2 aromatic rings. The van der Waals surface area contributed by atoms with Crippen LogP contribution in [-0.2, 0) is 6.54 Å². The molecule has 21 heavy (non-hydrogen) atoms. The molecular formula is C16H16Cl2N2O. The van der Waals surface area contributed by atoms with Gasteiger partial charge in [0, 0.05) is 22.3 Å². The van der Waals surface area contributed by atoms with Crippen LogP contribution >= 0.6 is 23.2 Å². The molecule has 1 unspecified atom stereocenters. The zero-order chi connectivity index (χ0) is 15.0. The fraction of sp³-hybridized carbons (Fsp3) is 0.250. The van der Waals surface area contributed by atoms with Crippen molar-refractivity contribution in [1.82, 2.24) is 0 Å². The fourth-order valence-electron chi connectivity index (χ4n) is 2.55. The number of ether oxygens (including phenoxy) is 1. The van der Waals surface area contributed by atoms with Crippen molar-refractivity contribution in [2.75, 3.05) is 17.2 Å².